The van der Waals surface area contributed by atoms with E-state index in [0.29, 0.717) is 0 Å². The molecule has 0 radical (unpaired) electrons. The van der Waals surface area contributed by atoms with Crippen LogP contribution in [0.15, 0.2) is 11.8 Å². The fourth-order valence-corrected chi connectivity index (χ4v) is 1.56. The predicted molar refractivity (Wildman–Crippen MR) is 58.0 cm³/mol. The molecule has 0 amide bonds. The first-order chi connectivity index (χ1) is 6.83. The number of hydrogen-bond acceptors (Lipinski definition) is 2. The molecule has 0 fully saturated rings. The van der Waals surface area contributed by atoms with Crippen LogP contribution < -0.4 is 0 Å². The molecule has 1 rings (SSSR count). The van der Waals surface area contributed by atoms with Crippen molar-refractivity contribution >= 4 is 0 Å². The molecule has 82 valence electrons. The number of ether oxygens (including phenoxy) is 2. The van der Waals surface area contributed by atoms with Gasteiger partial charge in [-0.2, -0.15) is 0 Å². The molecule has 0 spiro atoms. The Labute approximate surface area is 87.3 Å². The van der Waals surface area contributed by atoms with Gasteiger partial charge >= 0.3 is 0 Å². The molecule has 14 heavy (non-hydrogen) atoms. The van der Waals surface area contributed by atoms with Crippen LogP contribution in [0, 0.1) is 0 Å². The second-order valence-corrected chi connectivity index (χ2v) is 4.04. The lowest BCUT2D eigenvalue weighted by atomic mass is 10.1. The minimum absolute atomic E-state index is 0.0142. The van der Waals surface area contributed by atoms with Crippen LogP contribution in [0.25, 0.3) is 0 Å². The van der Waals surface area contributed by atoms with Gasteiger partial charge in [-0.15, -0.1) is 0 Å². The van der Waals surface area contributed by atoms with Gasteiger partial charge in [-0.05, 0) is 18.9 Å². The van der Waals surface area contributed by atoms with E-state index in [4.69, 9.17) is 9.47 Å². The molecule has 0 saturated heterocycles. The normalized spacial score (nSPS) is 21.6. The molecular formula is C12H22O2. The Bertz CT molecular complexity index is 175. The van der Waals surface area contributed by atoms with Crippen LogP contribution in [0.5, 0.6) is 0 Å². The van der Waals surface area contributed by atoms with Gasteiger partial charge in [0, 0.05) is 6.42 Å². The van der Waals surface area contributed by atoms with Crippen molar-refractivity contribution in [2.45, 2.75) is 58.7 Å². The van der Waals surface area contributed by atoms with E-state index in [9.17, 15) is 0 Å². The number of unbranched alkanes of at least 4 members (excludes halogenated alkanes) is 4. The van der Waals surface area contributed by atoms with Gasteiger partial charge in [-0.3, -0.25) is 0 Å². The van der Waals surface area contributed by atoms with E-state index in [1.165, 1.54) is 37.7 Å². The number of hydrogen-bond donors (Lipinski definition) is 0. The van der Waals surface area contributed by atoms with Crippen molar-refractivity contribution in [2.24, 2.45) is 0 Å². The van der Waals surface area contributed by atoms with Crippen molar-refractivity contribution in [3.8, 4) is 0 Å². The molecule has 0 aliphatic carbocycles. The van der Waals surface area contributed by atoms with Crippen LogP contribution in [0.4, 0.5) is 0 Å². The molecule has 1 atom stereocenters. The van der Waals surface area contributed by atoms with Crippen LogP contribution in [0.3, 0.4) is 0 Å². The van der Waals surface area contributed by atoms with Crippen LogP contribution in [0.1, 0.15) is 52.4 Å². The second kappa shape index (κ2) is 6.88. The van der Waals surface area contributed by atoms with Gasteiger partial charge in [0.05, 0.1) is 12.9 Å². The van der Waals surface area contributed by atoms with E-state index in [2.05, 4.69) is 6.92 Å². The highest BCUT2D eigenvalue weighted by Crippen LogP contribution is 2.15. The molecule has 0 aromatic heterocycles. The zero-order chi connectivity index (χ0) is 10.2. The molecule has 1 aliphatic rings. The van der Waals surface area contributed by atoms with Crippen molar-refractivity contribution in [3.63, 3.8) is 0 Å². The lowest BCUT2D eigenvalue weighted by Crippen LogP contribution is -2.20. The fraction of sp³-hybridized carbons (Fsp3) is 0.833. The van der Waals surface area contributed by atoms with E-state index in [0.717, 1.165) is 13.0 Å². The SMILES string of the molecule is CCCCCCCC1OC=C(C)CO1. The third-order valence-electron chi connectivity index (χ3n) is 2.46. The van der Waals surface area contributed by atoms with E-state index in [1.54, 1.807) is 0 Å². The van der Waals surface area contributed by atoms with Crippen LogP contribution in [0.2, 0.25) is 0 Å². The Morgan fingerprint density at radius 3 is 2.71 bits per heavy atom. The first-order valence-corrected chi connectivity index (χ1v) is 5.75. The third-order valence-corrected chi connectivity index (χ3v) is 2.46. The standard InChI is InChI=1S/C12H22O2/c1-3-4-5-6-7-8-12-13-9-11(2)10-14-12/h9,12H,3-8,10H2,1-2H3. The van der Waals surface area contributed by atoms with Crippen molar-refractivity contribution in [3.05, 3.63) is 11.8 Å². The van der Waals surface area contributed by atoms with Crippen molar-refractivity contribution in [2.75, 3.05) is 6.61 Å². The molecule has 1 aliphatic heterocycles. The zero-order valence-corrected chi connectivity index (χ0v) is 9.42. The second-order valence-electron chi connectivity index (χ2n) is 4.04. The molecule has 2 heteroatoms. The highest BCUT2D eigenvalue weighted by molar-refractivity contribution is 4.95. The summed E-state index contributed by atoms with van der Waals surface area (Å²) in [4.78, 5) is 0. The molecular weight excluding hydrogens is 176 g/mol. The van der Waals surface area contributed by atoms with Gasteiger partial charge in [0.1, 0.15) is 0 Å². The van der Waals surface area contributed by atoms with Crippen LogP contribution in [-0.4, -0.2) is 12.9 Å². The summed E-state index contributed by atoms with van der Waals surface area (Å²) < 4.78 is 10.9. The topological polar surface area (TPSA) is 18.5 Å². The maximum atomic E-state index is 5.51. The van der Waals surface area contributed by atoms with Crippen molar-refractivity contribution in [1.82, 2.24) is 0 Å². The molecule has 0 bridgehead atoms. The summed E-state index contributed by atoms with van der Waals surface area (Å²) in [5.74, 6) is 0. The largest absolute Gasteiger partial charge is 0.473 e. The van der Waals surface area contributed by atoms with Crippen molar-refractivity contribution < 1.29 is 9.47 Å². The van der Waals surface area contributed by atoms with Gasteiger partial charge in [0.2, 0.25) is 0 Å². The Hall–Kier alpha value is -0.500. The Balaban J connectivity index is 1.97. The molecule has 1 heterocycles. The van der Waals surface area contributed by atoms with Crippen LogP contribution in [-0.2, 0) is 9.47 Å². The molecule has 0 saturated carbocycles. The summed E-state index contributed by atoms with van der Waals surface area (Å²) in [7, 11) is 0. The van der Waals surface area contributed by atoms with Gasteiger partial charge in [-0.25, -0.2) is 0 Å². The lowest BCUT2D eigenvalue weighted by Gasteiger charge is -2.22. The molecule has 2 nitrogen and oxygen atoms in total. The van der Waals surface area contributed by atoms with Gasteiger partial charge in [-0.1, -0.05) is 32.6 Å². The smallest absolute Gasteiger partial charge is 0.199 e. The summed E-state index contributed by atoms with van der Waals surface area (Å²) in [6.45, 7) is 5.00. The summed E-state index contributed by atoms with van der Waals surface area (Å²) in [6, 6.07) is 0. The third kappa shape index (κ3) is 4.66. The van der Waals surface area contributed by atoms with Crippen molar-refractivity contribution in [1.29, 1.82) is 0 Å². The minimum atomic E-state index is 0.0142. The highest BCUT2D eigenvalue weighted by atomic mass is 16.7. The maximum absolute atomic E-state index is 5.51. The molecule has 1 unspecified atom stereocenters. The Morgan fingerprint density at radius 2 is 2.07 bits per heavy atom. The van der Waals surface area contributed by atoms with E-state index >= 15 is 0 Å². The average Bonchev–Trinajstić information content (AvgIpc) is 2.21. The minimum Gasteiger partial charge on any atom is -0.473 e. The first-order valence-electron chi connectivity index (χ1n) is 5.75. The molecule has 0 N–H and O–H groups in total. The monoisotopic (exact) mass is 198 g/mol. The van der Waals surface area contributed by atoms with Gasteiger partial charge < -0.3 is 9.47 Å². The zero-order valence-electron chi connectivity index (χ0n) is 9.42. The summed E-state index contributed by atoms with van der Waals surface area (Å²) in [5, 5.41) is 0. The Morgan fingerprint density at radius 1 is 1.29 bits per heavy atom. The summed E-state index contributed by atoms with van der Waals surface area (Å²) in [5.41, 5.74) is 1.17. The first kappa shape index (κ1) is 11.6. The fourth-order valence-electron chi connectivity index (χ4n) is 1.56. The van der Waals surface area contributed by atoms with E-state index in [-0.39, 0.29) is 6.29 Å². The summed E-state index contributed by atoms with van der Waals surface area (Å²) in [6.07, 6.45) is 9.41. The van der Waals surface area contributed by atoms with Crippen LogP contribution >= 0.6 is 0 Å². The van der Waals surface area contributed by atoms with Gasteiger partial charge in [0.25, 0.3) is 0 Å². The van der Waals surface area contributed by atoms with E-state index < -0.39 is 0 Å². The van der Waals surface area contributed by atoms with Gasteiger partial charge in [0.15, 0.2) is 6.29 Å². The molecule has 0 aromatic carbocycles. The highest BCUT2D eigenvalue weighted by Gasteiger charge is 2.12. The number of rotatable bonds is 6. The molecule has 0 aromatic rings. The average molecular weight is 198 g/mol. The lowest BCUT2D eigenvalue weighted by molar-refractivity contribution is -0.119. The maximum Gasteiger partial charge on any atom is 0.199 e. The quantitative estimate of drug-likeness (QED) is 0.607. The van der Waals surface area contributed by atoms with E-state index in [1.807, 2.05) is 13.2 Å². The summed E-state index contributed by atoms with van der Waals surface area (Å²) >= 11 is 0. The predicted octanol–water partition coefficient (Wildman–Crippen LogP) is 3.62. The Kier molecular flexibility index (Phi) is 5.69.